The van der Waals surface area contributed by atoms with Gasteiger partial charge in [-0.15, -0.1) is 0 Å². The van der Waals surface area contributed by atoms with E-state index < -0.39 is 8.32 Å². The molecule has 0 aliphatic heterocycles. The lowest BCUT2D eigenvalue weighted by molar-refractivity contribution is -0.110. The van der Waals surface area contributed by atoms with Crippen LogP contribution in [0, 0.1) is 22.7 Å². The third kappa shape index (κ3) is 2.18. The Labute approximate surface area is 137 Å². The molecule has 5 atom stereocenters. The molecule has 3 saturated carbocycles. The van der Waals surface area contributed by atoms with Crippen LogP contribution in [0.3, 0.4) is 0 Å². The van der Waals surface area contributed by atoms with Crippen LogP contribution in [-0.4, -0.2) is 20.7 Å². The zero-order valence-corrected chi connectivity index (χ0v) is 16.4. The van der Waals surface area contributed by atoms with Gasteiger partial charge >= 0.3 is 0 Å². The first-order valence-corrected chi connectivity index (χ1v) is 12.1. The Morgan fingerprint density at radius 3 is 2.41 bits per heavy atom. The SMILES string of the molecule is CC(C)(C)[Si](C)(C)O[C@H]1CCC[C@@]2(C)[C@H]1CC[C@@]21C[C@@H]1C=O. The second-order valence-corrected chi connectivity index (χ2v) is 14.7. The van der Waals surface area contributed by atoms with E-state index in [1.807, 2.05) is 0 Å². The maximum Gasteiger partial charge on any atom is 0.192 e. The highest BCUT2D eigenvalue weighted by molar-refractivity contribution is 6.74. The van der Waals surface area contributed by atoms with Crippen molar-refractivity contribution in [3.8, 4) is 0 Å². The van der Waals surface area contributed by atoms with Crippen LogP contribution in [-0.2, 0) is 9.22 Å². The fourth-order valence-corrected chi connectivity index (χ4v) is 6.83. The Morgan fingerprint density at radius 2 is 1.86 bits per heavy atom. The standard InChI is InChI=1S/C19H34O2Si/c1-17(2,3)22(5,6)21-16-8-7-10-18(4)15(16)9-11-19(18)12-14(19)13-20/h13-16H,7-12H2,1-6H3/t14-,15+,16+,18+,19+/m1/s1. The summed E-state index contributed by atoms with van der Waals surface area (Å²) in [5.74, 6) is 1.02. The van der Waals surface area contributed by atoms with E-state index in [9.17, 15) is 4.79 Å². The predicted octanol–water partition coefficient (Wildman–Crippen LogP) is 5.18. The molecule has 3 rings (SSSR count). The molecule has 3 heteroatoms. The highest BCUT2D eigenvalue weighted by atomic mass is 28.4. The van der Waals surface area contributed by atoms with Gasteiger partial charge in [-0.3, -0.25) is 0 Å². The van der Waals surface area contributed by atoms with Gasteiger partial charge in [0, 0.05) is 12.0 Å². The van der Waals surface area contributed by atoms with Crippen LogP contribution in [0.5, 0.6) is 0 Å². The lowest BCUT2D eigenvalue weighted by Gasteiger charge is -2.49. The molecule has 0 aromatic heterocycles. The summed E-state index contributed by atoms with van der Waals surface area (Å²) in [6.07, 6.45) is 9.18. The molecule has 0 aromatic rings. The van der Waals surface area contributed by atoms with Gasteiger partial charge in [0.05, 0.1) is 0 Å². The fraction of sp³-hybridized carbons (Fsp3) is 0.947. The van der Waals surface area contributed by atoms with Crippen molar-refractivity contribution in [3.05, 3.63) is 0 Å². The van der Waals surface area contributed by atoms with Gasteiger partial charge in [0.15, 0.2) is 8.32 Å². The van der Waals surface area contributed by atoms with Crippen LogP contribution in [0.2, 0.25) is 18.1 Å². The molecule has 2 nitrogen and oxygen atoms in total. The van der Waals surface area contributed by atoms with E-state index in [4.69, 9.17) is 4.43 Å². The number of rotatable bonds is 3. The second-order valence-electron chi connectivity index (χ2n) is 9.97. The van der Waals surface area contributed by atoms with Crippen molar-refractivity contribution in [1.82, 2.24) is 0 Å². The van der Waals surface area contributed by atoms with Crippen LogP contribution in [0.4, 0.5) is 0 Å². The summed E-state index contributed by atoms with van der Waals surface area (Å²) < 4.78 is 6.86. The quantitative estimate of drug-likeness (QED) is 0.528. The van der Waals surface area contributed by atoms with Crippen LogP contribution in [0.1, 0.15) is 66.2 Å². The van der Waals surface area contributed by atoms with Crippen molar-refractivity contribution < 1.29 is 9.22 Å². The first-order chi connectivity index (χ1) is 10.1. The normalized spacial score (nSPS) is 44.9. The smallest absolute Gasteiger partial charge is 0.192 e. The average molecular weight is 323 g/mol. The molecule has 0 radical (unpaired) electrons. The summed E-state index contributed by atoms with van der Waals surface area (Å²) in [5, 5.41) is 0.280. The molecular formula is C19H34O2Si. The van der Waals surface area contributed by atoms with Gasteiger partial charge in [0.2, 0.25) is 0 Å². The monoisotopic (exact) mass is 322 g/mol. The van der Waals surface area contributed by atoms with Gasteiger partial charge < -0.3 is 9.22 Å². The molecule has 22 heavy (non-hydrogen) atoms. The molecule has 126 valence electrons. The van der Waals surface area contributed by atoms with Gasteiger partial charge in [-0.1, -0.05) is 34.1 Å². The van der Waals surface area contributed by atoms with Crippen molar-refractivity contribution in [2.75, 3.05) is 0 Å². The maximum atomic E-state index is 11.4. The summed E-state index contributed by atoms with van der Waals surface area (Å²) in [6, 6.07) is 0. The summed E-state index contributed by atoms with van der Waals surface area (Å²) >= 11 is 0. The topological polar surface area (TPSA) is 26.3 Å². The fourth-order valence-electron chi connectivity index (χ4n) is 5.44. The van der Waals surface area contributed by atoms with E-state index in [0.29, 0.717) is 28.8 Å². The van der Waals surface area contributed by atoms with E-state index in [1.54, 1.807) is 0 Å². The van der Waals surface area contributed by atoms with Crippen LogP contribution < -0.4 is 0 Å². The largest absolute Gasteiger partial charge is 0.414 e. The molecule has 0 saturated heterocycles. The molecule has 0 N–H and O–H groups in total. The molecule has 1 spiro atoms. The molecule has 0 amide bonds. The van der Waals surface area contributed by atoms with Crippen molar-refractivity contribution in [1.29, 1.82) is 0 Å². The number of carbonyl (C=O) groups is 1. The predicted molar refractivity (Wildman–Crippen MR) is 93.4 cm³/mol. The van der Waals surface area contributed by atoms with E-state index in [0.717, 1.165) is 6.42 Å². The molecule has 0 bridgehead atoms. The Morgan fingerprint density at radius 1 is 1.18 bits per heavy atom. The third-order valence-corrected chi connectivity index (χ3v) is 12.5. The van der Waals surface area contributed by atoms with Gasteiger partial charge in [0.1, 0.15) is 6.29 Å². The van der Waals surface area contributed by atoms with Crippen molar-refractivity contribution in [2.24, 2.45) is 22.7 Å². The van der Waals surface area contributed by atoms with E-state index in [1.165, 1.54) is 38.4 Å². The van der Waals surface area contributed by atoms with E-state index >= 15 is 0 Å². The molecule has 3 aliphatic carbocycles. The molecule has 0 aromatic carbocycles. The average Bonchev–Trinajstić information content (AvgIpc) is 3.03. The Kier molecular flexibility index (Phi) is 3.74. The zero-order valence-electron chi connectivity index (χ0n) is 15.4. The number of hydrogen-bond acceptors (Lipinski definition) is 2. The van der Waals surface area contributed by atoms with E-state index in [-0.39, 0.29) is 5.04 Å². The van der Waals surface area contributed by atoms with Gasteiger partial charge in [-0.2, -0.15) is 0 Å². The Bertz CT molecular complexity index is 467. The van der Waals surface area contributed by atoms with Crippen molar-refractivity contribution in [3.63, 3.8) is 0 Å². The van der Waals surface area contributed by atoms with Crippen LogP contribution >= 0.6 is 0 Å². The summed E-state index contributed by atoms with van der Waals surface area (Å²) in [5.41, 5.74) is 0.693. The summed E-state index contributed by atoms with van der Waals surface area (Å²) in [7, 11) is -1.71. The first-order valence-electron chi connectivity index (χ1n) is 9.20. The number of fused-ring (bicyclic) bond motifs is 2. The Hall–Kier alpha value is -0.153. The minimum absolute atomic E-state index is 0.280. The van der Waals surface area contributed by atoms with Gasteiger partial charge in [-0.05, 0) is 67.0 Å². The number of carbonyl (C=O) groups excluding carboxylic acids is 1. The minimum Gasteiger partial charge on any atom is -0.414 e. The van der Waals surface area contributed by atoms with Crippen molar-refractivity contribution >= 4 is 14.6 Å². The van der Waals surface area contributed by atoms with Crippen molar-refractivity contribution in [2.45, 2.75) is 90.5 Å². The first kappa shape index (κ1) is 16.7. The molecule has 3 fully saturated rings. The number of hydrogen-bond donors (Lipinski definition) is 0. The Balaban J connectivity index is 1.81. The maximum absolute atomic E-state index is 11.4. The summed E-state index contributed by atoms with van der Waals surface area (Å²) in [4.78, 5) is 11.4. The van der Waals surface area contributed by atoms with Crippen LogP contribution in [0.15, 0.2) is 0 Å². The minimum atomic E-state index is -1.71. The van der Waals surface area contributed by atoms with E-state index in [2.05, 4.69) is 40.8 Å². The highest BCUT2D eigenvalue weighted by Crippen LogP contribution is 2.75. The highest BCUT2D eigenvalue weighted by Gasteiger charge is 2.70. The van der Waals surface area contributed by atoms with Gasteiger partial charge in [-0.25, -0.2) is 0 Å². The van der Waals surface area contributed by atoms with Crippen LogP contribution in [0.25, 0.3) is 0 Å². The molecule has 3 aliphatic rings. The zero-order chi connectivity index (χ0) is 16.4. The number of aldehydes is 1. The molecule has 0 heterocycles. The molecule has 0 unspecified atom stereocenters. The second kappa shape index (κ2) is 4.92. The molecular weight excluding hydrogens is 288 g/mol. The lowest BCUT2D eigenvalue weighted by Crippen LogP contribution is -2.50. The van der Waals surface area contributed by atoms with Gasteiger partial charge in [0.25, 0.3) is 0 Å². The lowest BCUT2D eigenvalue weighted by atomic mass is 9.62. The third-order valence-electron chi connectivity index (χ3n) is 8.04. The summed E-state index contributed by atoms with van der Waals surface area (Å²) in [6.45, 7) is 14.3.